The van der Waals surface area contributed by atoms with Crippen molar-refractivity contribution in [2.75, 3.05) is 26.2 Å². The first-order valence-electron chi connectivity index (χ1n) is 10.8. The summed E-state index contributed by atoms with van der Waals surface area (Å²) in [6.07, 6.45) is 9.93. The predicted molar refractivity (Wildman–Crippen MR) is 110 cm³/mol. The molecule has 0 N–H and O–H groups in total. The average Bonchev–Trinajstić information content (AvgIpc) is 3.38. The van der Waals surface area contributed by atoms with Crippen molar-refractivity contribution in [1.29, 1.82) is 0 Å². The molecule has 2 aliphatic heterocycles. The van der Waals surface area contributed by atoms with Gasteiger partial charge in [-0.1, -0.05) is 13.0 Å². The average molecular weight is 384 g/mol. The van der Waals surface area contributed by atoms with Crippen LogP contribution in [-0.2, 0) is 17.8 Å². The summed E-state index contributed by atoms with van der Waals surface area (Å²) >= 11 is 0. The van der Waals surface area contributed by atoms with Crippen molar-refractivity contribution >= 4 is 0 Å². The van der Waals surface area contributed by atoms with Gasteiger partial charge in [-0.05, 0) is 63.4 Å². The minimum absolute atomic E-state index is 0.0917. The van der Waals surface area contributed by atoms with E-state index in [1.54, 1.807) is 0 Å². The Balaban J connectivity index is 1.49. The zero-order chi connectivity index (χ0) is 19.2. The maximum atomic E-state index is 5.99. The summed E-state index contributed by atoms with van der Waals surface area (Å²) in [5.41, 5.74) is 2.37. The van der Waals surface area contributed by atoms with Gasteiger partial charge in [-0.25, -0.2) is 4.68 Å². The fourth-order valence-electron chi connectivity index (χ4n) is 4.59. The molecule has 2 aliphatic rings. The van der Waals surface area contributed by atoms with E-state index >= 15 is 0 Å². The Kier molecular flexibility index (Phi) is 6.73. The molecular weight excluding hydrogens is 350 g/mol. The lowest BCUT2D eigenvalue weighted by Gasteiger charge is -2.31. The van der Waals surface area contributed by atoms with Crippen LogP contribution in [-0.4, -0.2) is 56.8 Å². The van der Waals surface area contributed by atoms with Crippen LogP contribution >= 0.6 is 0 Å². The standard InChI is InChI=1S/C22H33N5O/c1-2-26-14-7-9-20(26)17-25(16-19-8-3-5-12-23-19)18-21-11-13-24-27(21)22-10-4-6-15-28-22/h3,5,8,11-13,20,22H,2,4,6-7,9-10,14-18H2,1H3/t20-,22-/m0/s1. The molecule has 2 fully saturated rings. The number of pyridine rings is 1. The van der Waals surface area contributed by atoms with Crippen LogP contribution in [0.25, 0.3) is 0 Å². The van der Waals surface area contributed by atoms with Gasteiger partial charge in [0.2, 0.25) is 0 Å². The van der Waals surface area contributed by atoms with Crippen molar-refractivity contribution in [3.05, 3.63) is 48.0 Å². The molecule has 0 aromatic carbocycles. The van der Waals surface area contributed by atoms with E-state index in [0.29, 0.717) is 6.04 Å². The summed E-state index contributed by atoms with van der Waals surface area (Å²) < 4.78 is 8.10. The number of likely N-dealkylation sites (N-methyl/N-ethyl adjacent to an activating group) is 1. The lowest BCUT2D eigenvalue weighted by atomic mass is 10.1. The van der Waals surface area contributed by atoms with Gasteiger partial charge in [0.1, 0.15) is 0 Å². The van der Waals surface area contributed by atoms with E-state index < -0.39 is 0 Å². The first-order valence-corrected chi connectivity index (χ1v) is 10.8. The third kappa shape index (κ3) is 4.80. The highest BCUT2D eigenvalue weighted by atomic mass is 16.5. The van der Waals surface area contributed by atoms with Gasteiger partial charge in [0.15, 0.2) is 6.23 Å². The number of aromatic nitrogens is 3. The fourth-order valence-corrected chi connectivity index (χ4v) is 4.59. The third-order valence-corrected chi connectivity index (χ3v) is 6.05. The molecule has 0 amide bonds. The molecule has 6 nitrogen and oxygen atoms in total. The molecule has 0 aliphatic carbocycles. The number of nitrogens with zero attached hydrogens (tertiary/aromatic N) is 5. The minimum atomic E-state index is 0.0917. The smallest absolute Gasteiger partial charge is 0.150 e. The van der Waals surface area contributed by atoms with Gasteiger partial charge in [0.25, 0.3) is 0 Å². The van der Waals surface area contributed by atoms with Crippen molar-refractivity contribution in [2.45, 2.75) is 64.4 Å². The molecule has 4 rings (SSSR count). The molecule has 2 atom stereocenters. The summed E-state index contributed by atoms with van der Waals surface area (Å²) in [4.78, 5) is 9.73. The molecule has 6 heteroatoms. The molecule has 0 saturated carbocycles. The van der Waals surface area contributed by atoms with Crippen LogP contribution in [0.2, 0.25) is 0 Å². The van der Waals surface area contributed by atoms with Crippen molar-refractivity contribution in [3.63, 3.8) is 0 Å². The zero-order valence-electron chi connectivity index (χ0n) is 17.0. The van der Waals surface area contributed by atoms with Crippen LogP contribution in [0.15, 0.2) is 36.7 Å². The van der Waals surface area contributed by atoms with Crippen LogP contribution in [0.3, 0.4) is 0 Å². The number of ether oxygens (including phenoxy) is 1. The van der Waals surface area contributed by atoms with Crippen molar-refractivity contribution in [1.82, 2.24) is 24.6 Å². The van der Waals surface area contributed by atoms with Gasteiger partial charge < -0.3 is 4.74 Å². The maximum Gasteiger partial charge on any atom is 0.150 e. The SMILES string of the molecule is CCN1CCC[C@H]1CN(Cc1ccccn1)Cc1ccnn1[C@@H]1CCCCO1. The Morgan fingerprint density at radius 2 is 2.07 bits per heavy atom. The molecular formula is C22H33N5O. The maximum absolute atomic E-state index is 5.99. The van der Waals surface area contributed by atoms with E-state index in [0.717, 1.165) is 51.3 Å². The van der Waals surface area contributed by atoms with Gasteiger partial charge in [-0.15, -0.1) is 0 Å². The molecule has 152 valence electrons. The fraction of sp³-hybridized carbons (Fsp3) is 0.636. The Labute approximate surface area is 168 Å². The quantitative estimate of drug-likeness (QED) is 0.699. The van der Waals surface area contributed by atoms with E-state index in [-0.39, 0.29) is 6.23 Å². The summed E-state index contributed by atoms with van der Waals surface area (Å²) in [7, 11) is 0. The molecule has 0 radical (unpaired) electrons. The second-order valence-corrected chi connectivity index (χ2v) is 8.00. The topological polar surface area (TPSA) is 46.4 Å². The summed E-state index contributed by atoms with van der Waals surface area (Å²) in [5, 5.41) is 4.60. The second-order valence-electron chi connectivity index (χ2n) is 8.00. The first-order chi connectivity index (χ1) is 13.8. The molecule has 0 unspecified atom stereocenters. The van der Waals surface area contributed by atoms with Gasteiger partial charge in [-0.3, -0.25) is 14.8 Å². The highest BCUT2D eigenvalue weighted by Gasteiger charge is 2.26. The normalized spacial score (nSPS) is 23.5. The first kappa shape index (κ1) is 19.6. The molecule has 4 heterocycles. The Hall–Kier alpha value is -1.76. The monoisotopic (exact) mass is 383 g/mol. The summed E-state index contributed by atoms with van der Waals surface area (Å²) in [6, 6.07) is 8.97. The predicted octanol–water partition coefficient (Wildman–Crippen LogP) is 3.46. The Bertz CT molecular complexity index is 713. The molecule has 0 spiro atoms. The lowest BCUT2D eigenvalue weighted by molar-refractivity contribution is -0.0422. The van der Waals surface area contributed by atoms with Crippen LogP contribution < -0.4 is 0 Å². The van der Waals surface area contributed by atoms with Crippen LogP contribution in [0.4, 0.5) is 0 Å². The van der Waals surface area contributed by atoms with Crippen molar-refractivity contribution in [3.8, 4) is 0 Å². The number of rotatable bonds is 8. The highest BCUT2D eigenvalue weighted by Crippen LogP contribution is 2.25. The molecule has 2 aromatic heterocycles. The highest BCUT2D eigenvalue weighted by molar-refractivity contribution is 5.06. The van der Waals surface area contributed by atoms with E-state index in [4.69, 9.17) is 4.74 Å². The van der Waals surface area contributed by atoms with Crippen molar-refractivity contribution in [2.24, 2.45) is 0 Å². The van der Waals surface area contributed by atoms with E-state index in [2.05, 4.69) is 49.7 Å². The molecule has 28 heavy (non-hydrogen) atoms. The zero-order valence-corrected chi connectivity index (χ0v) is 17.0. The largest absolute Gasteiger partial charge is 0.357 e. The number of hydrogen-bond donors (Lipinski definition) is 0. The van der Waals surface area contributed by atoms with Gasteiger partial charge in [-0.2, -0.15) is 5.10 Å². The van der Waals surface area contributed by atoms with Crippen molar-refractivity contribution < 1.29 is 4.74 Å². The number of hydrogen-bond acceptors (Lipinski definition) is 5. The van der Waals surface area contributed by atoms with Gasteiger partial charge in [0, 0.05) is 44.7 Å². The molecule has 0 bridgehead atoms. The Morgan fingerprint density at radius 3 is 2.86 bits per heavy atom. The second kappa shape index (κ2) is 9.63. The number of likely N-dealkylation sites (tertiary alicyclic amines) is 1. The van der Waals surface area contributed by atoms with Crippen LogP contribution in [0.5, 0.6) is 0 Å². The van der Waals surface area contributed by atoms with Gasteiger partial charge >= 0.3 is 0 Å². The van der Waals surface area contributed by atoms with Gasteiger partial charge in [0.05, 0.1) is 11.4 Å². The molecule has 2 saturated heterocycles. The third-order valence-electron chi connectivity index (χ3n) is 6.05. The van der Waals surface area contributed by atoms with E-state index in [1.807, 2.05) is 18.5 Å². The van der Waals surface area contributed by atoms with E-state index in [1.165, 1.54) is 31.5 Å². The van der Waals surface area contributed by atoms with E-state index in [9.17, 15) is 0 Å². The lowest BCUT2D eigenvalue weighted by Crippen LogP contribution is -2.40. The van der Waals surface area contributed by atoms with Crippen LogP contribution in [0.1, 0.15) is 56.6 Å². The minimum Gasteiger partial charge on any atom is -0.357 e. The molecule has 2 aromatic rings. The van der Waals surface area contributed by atoms with Crippen LogP contribution in [0, 0.1) is 0 Å². The Morgan fingerprint density at radius 1 is 1.11 bits per heavy atom. The summed E-state index contributed by atoms with van der Waals surface area (Å²) in [5.74, 6) is 0. The summed E-state index contributed by atoms with van der Waals surface area (Å²) in [6.45, 7) is 8.30.